The summed E-state index contributed by atoms with van der Waals surface area (Å²) in [6.45, 7) is 6.92. The van der Waals surface area contributed by atoms with Gasteiger partial charge in [0.25, 0.3) is 0 Å². The van der Waals surface area contributed by atoms with E-state index >= 15 is 0 Å². The van der Waals surface area contributed by atoms with E-state index in [1.807, 2.05) is 19.9 Å². The monoisotopic (exact) mass is 261 g/mol. The van der Waals surface area contributed by atoms with Crippen molar-refractivity contribution in [3.05, 3.63) is 17.8 Å². The van der Waals surface area contributed by atoms with Gasteiger partial charge in [0, 0.05) is 19.3 Å². The fourth-order valence-electron chi connectivity index (χ4n) is 1.76. The van der Waals surface area contributed by atoms with Gasteiger partial charge in [0.05, 0.1) is 11.3 Å². The standard InChI is InChI=1S/C13H19N5O/c1-4-18(5-2)13(19)9(3)17-12-11(15)10(8-14)6-7-16-12/h6-7,9H,4-5,15H2,1-3H3,(H,16,17). The fourth-order valence-corrected chi connectivity index (χ4v) is 1.76. The summed E-state index contributed by atoms with van der Waals surface area (Å²) < 4.78 is 0. The molecule has 1 heterocycles. The lowest BCUT2D eigenvalue weighted by Gasteiger charge is -2.24. The zero-order valence-electron chi connectivity index (χ0n) is 11.5. The summed E-state index contributed by atoms with van der Waals surface area (Å²) in [5.41, 5.74) is 6.43. The maximum Gasteiger partial charge on any atom is 0.244 e. The second kappa shape index (κ2) is 6.59. The molecule has 0 aliphatic carbocycles. The summed E-state index contributed by atoms with van der Waals surface area (Å²) in [6.07, 6.45) is 1.49. The fraction of sp³-hybridized carbons (Fsp3) is 0.462. The number of amides is 1. The largest absolute Gasteiger partial charge is 0.395 e. The van der Waals surface area contributed by atoms with Crippen LogP contribution in [0.3, 0.4) is 0 Å². The van der Waals surface area contributed by atoms with Crippen molar-refractivity contribution in [3.8, 4) is 6.07 Å². The lowest BCUT2D eigenvalue weighted by molar-refractivity contribution is -0.131. The molecule has 102 valence electrons. The topological polar surface area (TPSA) is 95.0 Å². The highest BCUT2D eigenvalue weighted by Crippen LogP contribution is 2.19. The minimum absolute atomic E-state index is 0.0199. The lowest BCUT2D eigenvalue weighted by Crippen LogP contribution is -2.41. The molecule has 1 aromatic heterocycles. The minimum atomic E-state index is -0.441. The number of aromatic nitrogens is 1. The number of nitrogen functional groups attached to an aromatic ring is 1. The van der Waals surface area contributed by atoms with E-state index < -0.39 is 6.04 Å². The van der Waals surface area contributed by atoms with Crippen LogP contribution in [0.25, 0.3) is 0 Å². The van der Waals surface area contributed by atoms with Crippen LogP contribution in [0.15, 0.2) is 12.3 Å². The van der Waals surface area contributed by atoms with Gasteiger partial charge in [0.15, 0.2) is 5.82 Å². The maximum atomic E-state index is 12.1. The summed E-state index contributed by atoms with van der Waals surface area (Å²) in [6, 6.07) is 3.08. The van der Waals surface area contributed by atoms with E-state index in [9.17, 15) is 4.79 Å². The van der Waals surface area contributed by atoms with Crippen LogP contribution in [0, 0.1) is 11.3 Å². The van der Waals surface area contributed by atoms with Crippen molar-refractivity contribution in [2.45, 2.75) is 26.8 Å². The second-order valence-corrected chi connectivity index (χ2v) is 4.11. The number of nitrogens with zero attached hydrogens (tertiary/aromatic N) is 3. The first-order valence-corrected chi connectivity index (χ1v) is 6.25. The molecule has 1 amide bonds. The number of pyridine rings is 1. The Balaban J connectivity index is 2.86. The van der Waals surface area contributed by atoms with Crippen LogP contribution in [0.1, 0.15) is 26.3 Å². The van der Waals surface area contributed by atoms with Gasteiger partial charge in [-0.25, -0.2) is 4.98 Å². The number of nitrogens with two attached hydrogens (primary N) is 1. The Hall–Kier alpha value is -2.29. The molecule has 3 N–H and O–H groups in total. The number of hydrogen-bond donors (Lipinski definition) is 2. The first-order valence-electron chi connectivity index (χ1n) is 6.25. The summed E-state index contributed by atoms with van der Waals surface area (Å²) in [4.78, 5) is 17.9. The number of carbonyl (C=O) groups excluding carboxylic acids is 1. The summed E-state index contributed by atoms with van der Waals surface area (Å²) in [5, 5.41) is 11.8. The van der Waals surface area contributed by atoms with Gasteiger partial charge in [-0.1, -0.05) is 0 Å². The van der Waals surface area contributed by atoms with Crippen molar-refractivity contribution in [2.24, 2.45) is 0 Å². The van der Waals surface area contributed by atoms with E-state index in [2.05, 4.69) is 10.3 Å². The Labute approximate surface area is 113 Å². The molecule has 0 fully saturated rings. The predicted molar refractivity (Wildman–Crippen MR) is 74.4 cm³/mol. The molecule has 0 spiro atoms. The highest BCUT2D eigenvalue weighted by Gasteiger charge is 2.19. The highest BCUT2D eigenvalue weighted by atomic mass is 16.2. The van der Waals surface area contributed by atoms with Gasteiger partial charge in [-0.3, -0.25) is 4.79 Å². The molecule has 1 unspecified atom stereocenters. The number of rotatable bonds is 5. The predicted octanol–water partition coefficient (Wildman–Crippen LogP) is 1.20. The van der Waals surface area contributed by atoms with E-state index in [0.717, 1.165) is 0 Å². The summed E-state index contributed by atoms with van der Waals surface area (Å²) in [7, 11) is 0. The molecule has 1 aromatic rings. The number of nitrogens with one attached hydrogen (secondary N) is 1. The van der Waals surface area contributed by atoms with Crippen molar-refractivity contribution in [3.63, 3.8) is 0 Å². The first kappa shape index (κ1) is 14.8. The van der Waals surface area contributed by atoms with Gasteiger partial charge in [-0.05, 0) is 26.8 Å². The Morgan fingerprint density at radius 1 is 1.58 bits per heavy atom. The zero-order valence-corrected chi connectivity index (χ0v) is 11.5. The van der Waals surface area contributed by atoms with Crippen molar-refractivity contribution < 1.29 is 4.79 Å². The van der Waals surface area contributed by atoms with Crippen molar-refractivity contribution in [2.75, 3.05) is 24.1 Å². The molecule has 1 atom stereocenters. The maximum absolute atomic E-state index is 12.1. The van der Waals surface area contributed by atoms with Crippen LogP contribution < -0.4 is 11.1 Å². The number of nitriles is 1. The highest BCUT2D eigenvalue weighted by molar-refractivity contribution is 5.85. The van der Waals surface area contributed by atoms with E-state index in [-0.39, 0.29) is 11.6 Å². The molecule has 6 heteroatoms. The SMILES string of the molecule is CCN(CC)C(=O)C(C)Nc1nccc(C#N)c1N. The molecular weight excluding hydrogens is 242 g/mol. The van der Waals surface area contributed by atoms with Crippen LogP contribution in [0.4, 0.5) is 11.5 Å². The third kappa shape index (κ3) is 3.35. The minimum Gasteiger partial charge on any atom is -0.395 e. The van der Waals surface area contributed by atoms with Gasteiger partial charge in [0.1, 0.15) is 12.1 Å². The average Bonchev–Trinajstić information content (AvgIpc) is 2.42. The van der Waals surface area contributed by atoms with Crippen molar-refractivity contribution in [1.82, 2.24) is 9.88 Å². The van der Waals surface area contributed by atoms with Gasteiger partial charge < -0.3 is 16.0 Å². The first-order chi connectivity index (χ1) is 9.04. The molecule has 19 heavy (non-hydrogen) atoms. The molecule has 0 aromatic carbocycles. The van der Waals surface area contributed by atoms with Crippen LogP contribution >= 0.6 is 0 Å². The van der Waals surface area contributed by atoms with Gasteiger partial charge in [-0.2, -0.15) is 5.26 Å². The third-order valence-electron chi connectivity index (χ3n) is 2.91. The average molecular weight is 261 g/mol. The van der Waals surface area contributed by atoms with Gasteiger partial charge >= 0.3 is 0 Å². The molecule has 0 radical (unpaired) electrons. The summed E-state index contributed by atoms with van der Waals surface area (Å²) >= 11 is 0. The molecule has 0 aliphatic rings. The van der Waals surface area contributed by atoms with Crippen molar-refractivity contribution in [1.29, 1.82) is 5.26 Å². The Morgan fingerprint density at radius 2 is 2.21 bits per heavy atom. The van der Waals surface area contributed by atoms with Crippen LogP contribution in [-0.4, -0.2) is 34.9 Å². The van der Waals surface area contributed by atoms with Crippen LogP contribution in [0.5, 0.6) is 0 Å². The smallest absolute Gasteiger partial charge is 0.244 e. The van der Waals surface area contributed by atoms with E-state index in [4.69, 9.17) is 11.0 Å². The molecule has 1 rings (SSSR count). The number of anilines is 2. The number of carbonyl (C=O) groups is 1. The molecule has 6 nitrogen and oxygen atoms in total. The molecule has 0 saturated carbocycles. The molecule has 0 saturated heterocycles. The lowest BCUT2D eigenvalue weighted by atomic mass is 10.2. The molecule has 0 aliphatic heterocycles. The third-order valence-corrected chi connectivity index (χ3v) is 2.91. The van der Waals surface area contributed by atoms with E-state index in [0.29, 0.717) is 24.5 Å². The Kier molecular flexibility index (Phi) is 5.12. The quantitative estimate of drug-likeness (QED) is 0.830. The number of hydrogen-bond acceptors (Lipinski definition) is 5. The summed E-state index contributed by atoms with van der Waals surface area (Å²) in [5.74, 6) is 0.348. The molecular formula is C13H19N5O. The normalized spacial score (nSPS) is 11.5. The second-order valence-electron chi connectivity index (χ2n) is 4.11. The zero-order chi connectivity index (χ0) is 14.4. The Bertz CT molecular complexity index is 490. The van der Waals surface area contributed by atoms with E-state index in [1.165, 1.54) is 12.3 Å². The van der Waals surface area contributed by atoms with Crippen molar-refractivity contribution >= 4 is 17.4 Å². The molecule has 0 bridgehead atoms. The van der Waals surface area contributed by atoms with Gasteiger partial charge in [-0.15, -0.1) is 0 Å². The Morgan fingerprint density at radius 3 is 2.74 bits per heavy atom. The van der Waals surface area contributed by atoms with E-state index in [1.54, 1.807) is 11.8 Å². The van der Waals surface area contributed by atoms with Crippen LogP contribution in [-0.2, 0) is 4.79 Å². The van der Waals surface area contributed by atoms with Crippen LogP contribution in [0.2, 0.25) is 0 Å². The van der Waals surface area contributed by atoms with Gasteiger partial charge in [0.2, 0.25) is 5.91 Å². The number of likely N-dealkylation sites (N-methyl/N-ethyl adjacent to an activating group) is 1.